The van der Waals surface area contributed by atoms with E-state index in [1.807, 2.05) is 6.07 Å². The van der Waals surface area contributed by atoms with Gasteiger partial charge in [0.1, 0.15) is 0 Å². The molecule has 1 rings (SSSR count). The van der Waals surface area contributed by atoms with Crippen molar-refractivity contribution in [3.63, 3.8) is 0 Å². The predicted octanol–water partition coefficient (Wildman–Crippen LogP) is 0.482. The monoisotopic (exact) mass is 191 g/mol. The van der Waals surface area contributed by atoms with E-state index in [9.17, 15) is 9.50 Å². The van der Waals surface area contributed by atoms with E-state index in [1.54, 1.807) is 12.1 Å². The number of nitrogens with one attached hydrogen (secondary N) is 1. The van der Waals surface area contributed by atoms with Crippen molar-refractivity contribution in [2.24, 2.45) is 0 Å². The molecule has 0 saturated heterocycles. The Kier molecular flexibility index (Phi) is 4.00. The molecule has 0 fully saturated rings. The second kappa shape index (κ2) is 5.29. The summed E-state index contributed by atoms with van der Waals surface area (Å²) >= 11 is 0. The Morgan fingerprint density at radius 2 is 2.29 bits per heavy atom. The van der Waals surface area contributed by atoms with E-state index < -0.39 is 5.97 Å². The van der Waals surface area contributed by atoms with Gasteiger partial charge >= 0.3 is 81.4 Å². The van der Waals surface area contributed by atoms with Crippen LogP contribution < -0.4 is 5.32 Å². The Balaban J connectivity index is 2.63. The molecule has 0 amide bonds. The van der Waals surface area contributed by atoms with Gasteiger partial charge in [-0.2, -0.15) is 0 Å². The van der Waals surface area contributed by atoms with E-state index >= 15 is 0 Å². The SMILES string of the molecule is O=BCNCc1cccc(C(=O)O)c1. The molecule has 2 N–H and O–H groups in total. The molecule has 14 heavy (non-hydrogen) atoms. The third kappa shape index (κ3) is 3.10. The first kappa shape index (κ1) is 10.6. The fraction of sp³-hybridized carbons (Fsp3) is 0.222. The van der Waals surface area contributed by atoms with Gasteiger partial charge < -0.3 is 0 Å². The van der Waals surface area contributed by atoms with Crippen molar-refractivity contribution < 1.29 is 14.6 Å². The molecule has 0 aliphatic rings. The molecule has 0 aromatic heterocycles. The molecule has 0 radical (unpaired) electrons. The van der Waals surface area contributed by atoms with Gasteiger partial charge in [0, 0.05) is 0 Å². The van der Waals surface area contributed by atoms with Gasteiger partial charge in [-0.15, -0.1) is 0 Å². The quantitative estimate of drug-likeness (QED) is 0.524. The topological polar surface area (TPSA) is 66.4 Å². The first-order valence-corrected chi connectivity index (χ1v) is 4.20. The Hall–Kier alpha value is -1.49. The van der Waals surface area contributed by atoms with Crippen LogP contribution in [0.15, 0.2) is 24.3 Å². The Bertz CT molecular complexity index is 341. The normalized spacial score (nSPS) is 9.43. The van der Waals surface area contributed by atoms with E-state index in [4.69, 9.17) is 5.11 Å². The molecule has 72 valence electrons. The van der Waals surface area contributed by atoms with Crippen molar-refractivity contribution in [2.75, 3.05) is 6.44 Å². The number of rotatable bonds is 5. The fourth-order valence-corrected chi connectivity index (χ4v) is 1.09. The van der Waals surface area contributed by atoms with Crippen LogP contribution in [-0.2, 0) is 11.2 Å². The van der Waals surface area contributed by atoms with Crippen LogP contribution in [0.3, 0.4) is 0 Å². The summed E-state index contributed by atoms with van der Waals surface area (Å²) in [5, 5.41) is 11.6. The molecule has 0 atom stereocenters. The van der Waals surface area contributed by atoms with Crippen molar-refractivity contribution in [3.05, 3.63) is 35.4 Å². The number of hydrogen-bond donors (Lipinski definition) is 2. The maximum absolute atomic E-state index is 10.6. The summed E-state index contributed by atoms with van der Waals surface area (Å²) < 4.78 is 10.0. The van der Waals surface area contributed by atoms with Gasteiger partial charge in [0.15, 0.2) is 0 Å². The average molecular weight is 191 g/mol. The molecule has 0 aliphatic heterocycles. The summed E-state index contributed by atoms with van der Waals surface area (Å²) in [6.45, 7) is 0.500. The predicted molar refractivity (Wildman–Crippen MR) is 51.5 cm³/mol. The summed E-state index contributed by atoms with van der Waals surface area (Å²) in [4.78, 5) is 10.6. The van der Waals surface area contributed by atoms with Crippen molar-refractivity contribution in [1.29, 1.82) is 0 Å². The van der Waals surface area contributed by atoms with Gasteiger partial charge in [0.25, 0.3) is 0 Å². The summed E-state index contributed by atoms with van der Waals surface area (Å²) in [6, 6.07) is 6.61. The van der Waals surface area contributed by atoms with E-state index in [2.05, 4.69) is 5.32 Å². The van der Waals surface area contributed by atoms with E-state index in [0.717, 1.165) is 12.7 Å². The van der Waals surface area contributed by atoms with E-state index in [-0.39, 0.29) is 12.0 Å². The number of carboxylic acid groups (broad SMARTS) is 1. The molecule has 0 saturated carbocycles. The van der Waals surface area contributed by atoms with Crippen LogP contribution in [0, 0.1) is 0 Å². The molecule has 5 heteroatoms. The Labute approximate surface area is 82.2 Å². The van der Waals surface area contributed by atoms with Gasteiger partial charge in [-0.25, -0.2) is 0 Å². The van der Waals surface area contributed by atoms with Gasteiger partial charge in [-0.1, -0.05) is 0 Å². The van der Waals surface area contributed by atoms with Gasteiger partial charge in [-0.05, 0) is 0 Å². The molecular weight excluding hydrogens is 181 g/mol. The molecule has 4 nitrogen and oxygen atoms in total. The van der Waals surface area contributed by atoms with Crippen LogP contribution in [-0.4, -0.2) is 24.7 Å². The summed E-state index contributed by atoms with van der Waals surface area (Å²) in [6.07, 6.45) is 0.275. The molecular formula is C9H10BNO3. The third-order valence-electron chi connectivity index (χ3n) is 1.73. The first-order valence-electron chi connectivity index (χ1n) is 4.20. The van der Waals surface area contributed by atoms with Gasteiger partial charge in [-0.3, -0.25) is 0 Å². The number of carbonyl (C=O) groups is 1. The van der Waals surface area contributed by atoms with Crippen molar-refractivity contribution >= 4 is 13.1 Å². The molecule has 0 bridgehead atoms. The second-order valence-corrected chi connectivity index (χ2v) is 2.80. The van der Waals surface area contributed by atoms with E-state index in [1.165, 1.54) is 6.07 Å². The van der Waals surface area contributed by atoms with E-state index in [0.29, 0.717) is 6.54 Å². The van der Waals surface area contributed by atoms with Crippen LogP contribution in [0.1, 0.15) is 15.9 Å². The van der Waals surface area contributed by atoms with Gasteiger partial charge in [0.2, 0.25) is 0 Å². The standard InChI is InChI=1S/C9H10BNO3/c12-9(13)8-3-1-2-7(4-8)5-11-6-10-14/h1-4,11H,5-6H2,(H,12,13). The van der Waals surface area contributed by atoms with Crippen molar-refractivity contribution in [1.82, 2.24) is 5.32 Å². The number of hydrogen-bond acceptors (Lipinski definition) is 3. The number of carboxylic acids is 1. The minimum atomic E-state index is -0.942. The third-order valence-corrected chi connectivity index (χ3v) is 1.73. The Morgan fingerprint density at radius 3 is 2.93 bits per heavy atom. The van der Waals surface area contributed by atoms with Crippen molar-refractivity contribution in [2.45, 2.75) is 6.54 Å². The molecule has 0 aliphatic carbocycles. The number of aromatic carboxylic acids is 1. The Morgan fingerprint density at radius 1 is 1.50 bits per heavy atom. The second-order valence-electron chi connectivity index (χ2n) is 2.80. The van der Waals surface area contributed by atoms with Crippen LogP contribution in [0.2, 0.25) is 0 Å². The first-order chi connectivity index (χ1) is 6.74. The zero-order valence-corrected chi connectivity index (χ0v) is 7.56. The van der Waals surface area contributed by atoms with Crippen LogP contribution in [0.5, 0.6) is 0 Å². The zero-order valence-electron chi connectivity index (χ0n) is 7.56. The number of benzene rings is 1. The molecule has 0 unspecified atom stereocenters. The van der Waals surface area contributed by atoms with Crippen LogP contribution in [0.4, 0.5) is 0 Å². The fourth-order valence-electron chi connectivity index (χ4n) is 1.09. The zero-order chi connectivity index (χ0) is 10.4. The van der Waals surface area contributed by atoms with Crippen LogP contribution >= 0.6 is 0 Å². The summed E-state index contributed by atoms with van der Waals surface area (Å²) in [7, 11) is 0.765. The molecule has 0 heterocycles. The molecule has 1 aromatic rings. The average Bonchev–Trinajstić information content (AvgIpc) is 2.19. The van der Waals surface area contributed by atoms with Crippen molar-refractivity contribution in [3.8, 4) is 0 Å². The summed E-state index contributed by atoms with van der Waals surface area (Å²) in [5.41, 5.74) is 1.11. The molecule has 1 aromatic carbocycles. The molecule has 0 spiro atoms. The van der Waals surface area contributed by atoms with Gasteiger partial charge in [0.05, 0.1) is 0 Å². The van der Waals surface area contributed by atoms with Crippen LogP contribution in [0.25, 0.3) is 0 Å². The maximum atomic E-state index is 10.6. The summed E-state index contributed by atoms with van der Waals surface area (Å²) in [5.74, 6) is -0.942. The minimum absolute atomic E-state index is 0.260.